The molecule has 0 spiro atoms. The molecule has 0 fully saturated rings. The van der Waals surface area contributed by atoms with E-state index in [0.29, 0.717) is 0 Å². The van der Waals surface area contributed by atoms with Crippen molar-refractivity contribution in [1.29, 1.82) is 0 Å². The molecule has 0 bridgehead atoms. The first-order valence-electron chi connectivity index (χ1n) is 2.73. The molecular weight excluding hydrogens is 107 g/mol. The Morgan fingerprint density at radius 3 is 2.14 bits per heavy atom. The summed E-state index contributed by atoms with van der Waals surface area (Å²) in [4.78, 5) is 0. The Labute approximate surface area is 45.9 Å². The molecule has 0 aliphatic rings. The molecule has 0 saturated carbocycles. The van der Waals surface area contributed by atoms with Crippen LogP contribution in [0.15, 0.2) is 0 Å². The largest absolute Gasteiger partial charge is 0.287 e. The van der Waals surface area contributed by atoms with Crippen molar-refractivity contribution in [3.8, 4) is 0 Å². The van der Waals surface area contributed by atoms with E-state index in [4.69, 9.17) is 0 Å². The third-order valence-corrected chi connectivity index (χ3v) is 2.48. The number of rotatable bonds is 3. The van der Waals surface area contributed by atoms with E-state index in [-0.39, 0.29) is 0 Å². The van der Waals surface area contributed by atoms with Crippen LogP contribution in [0.4, 0.5) is 0 Å². The second kappa shape index (κ2) is 4.26. The van der Waals surface area contributed by atoms with E-state index in [0.717, 1.165) is 18.7 Å². The monoisotopic (exact) mass is 119 g/mol. The molecule has 1 atom stereocenters. The molecule has 0 aromatic heterocycles. The summed E-state index contributed by atoms with van der Waals surface area (Å²) in [7, 11) is -0.828. The van der Waals surface area contributed by atoms with Crippen LogP contribution in [0.2, 0.25) is 0 Å². The first-order valence-corrected chi connectivity index (χ1v) is 4.36. The third kappa shape index (κ3) is 3.94. The normalized spacial score (nSPS) is 11.4. The van der Waals surface area contributed by atoms with Crippen LogP contribution in [-0.2, 0) is 4.57 Å². The van der Waals surface area contributed by atoms with Gasteiger partial charge in [0.05, 0.1) is 7.80 Å². The molecule has 0 aromatic carbocycles. The Kier molecular flexibility index (Phi) is 4.32. The van der Waals surface area contributed by atoms with Crippen molar-refractivity contribution in [2.45, 2.75) is 20.3 Å². The molecule has 1 radical (unpaired) electrons. The lowest BCUT2D eigenvalue weighted by Crippen LogP contribution is -1.73. The maximum atomic E-state index is 10.6. The van der Waals surface area contributed by atoms with Gasteiger partial charge in [0, 0.05) is 12.3 Å². The van der Waals surface area contributed by atoms with E-state index in [1.807, 2.05) is 6.92 Å². The van der Waals surface area contributed by atoms with Crippen molar-refractivity contribution >= 4 is 7.80 Å². The zero-order valence-corrected chi connectivity index (χ0v) is 5.87. The predicted molar refractivity (Wildman–Crippen MR) is 33.3 cm³/mol. The average molecular weight is 119 g/mol. The van der Waals surface area contributed by atoms with Crippen LogP contribution in [-0.4, -0.2) is 12.3 Å². The third-order valence-electron chi connectivity index (χ3n) is 0.826. The highest BCUT2D eigenvalue weighted by Gasteiger charge is 1.89. The lowest BCUT2D eigenvalue weighted by molar-refractivity contribution is 0.587. The number of hydrogen-bond acceptors (Lipinski definition) is 1. The van der Waals surface area contributed by atoms with Crippen LogP contribution in [0.25, 0.3) is 0 Å². The van der Waals surface area contributed by atoms with Gasteiger partial charge in [0.2, 0.25) is 0 Å². The molecule has 0 aliphatic carbocycles. The molecule has 0 saturated heterocycles. The Morgan fingerprint density at radius 2 is 2.00 bits per heavy atom. The lowest BCUT2D eigenvalue weighted by Gasteiger charge is -1.88. The van der Waals surface area contributed by atoms with Crippen molar-refractivity contribution in [3.05, 3.63) is 0 Å². The molecule has 1 unspecified atom stereocenters. The molecule has 0 aliphatic heterocycles. The second-order valence-electron chi connectivity index (χ2n) is 1.52. The number of hydrogen-bond donors (Lipinski definition) is 0. The fourth-order valence-corrected chi connectivity index (χ4v) is 1.22. The lowest BCUT2D eigenvalue weighted by atomic mass is 10.6. The van der Waals surface area contributed by atoms with Crippen molar-refractivity contribution in [2.24, 2.45) is 0 Å². The quantitative estimate of drug-likeness (QED) is 0.520. The predicted octanol–water partition coefficient (Wildman–Crippen LogP) is 2.24. The van der Waals surface area contributed by atoms with Gasteiger partial charge in [-0.25, -0.2) is 0 Å². The topological polar surface area (TPSA) is 17.1 Å². The Hall–Kier alpha value is 0.100. The molecule has 0 heterocycles. The van der Waals surface area contributed by atoms with Crippen LogP contribution in [0.5, 0.6) is 0 Å². The maximum Gasteiger partial charge on any atom is 0.0715 e. The van der Waals surface area contributed by atoms with Gasteiger partial charge in [-0.15, -0.1) is 0 Å². The van der Waals surface area contributed by atoms with Crippen LogP contribution >= 0.6 is 7.80 Å². The first-order chi connectivity index (χ1) is 3.31. The average Bonchev–Trinajstić information content (AvgIpc) is 1.68. The highest BCUT2D eigenvalue weighted by atomic mass is 31.1. The second-order valence-corrected chi connectivity index (χ2v) is 3.56. The van der Waals surface area contributed by atoms with Gasteiger partial charge >= 0.3 is 0 Å². The highest BCUT2D eigenvalue weighted by molar-refractivity contribution is 7.44. The van der Waals surface area contributed by atoms with Crippen molar-refractivity contribution in [2.75, 3.05) is 12.3 Å². The summed E-state index contributed by atoms with van der Waals surface area (Å²) < 4.78 is 10.6. The van der Waals surface area contributed by atoms with E-state index in [2.05, 4.69) is 6.92 Å². The fourth-order valence-electron chi connectivity index (χ4n) is 0.408. The summed E-state index contributed by atoms with van der Waals surface area (Å²) in [5, 5.41) is 0. The van der Waals surface area contributed by atoms with Gasteiger partial charge in [-0.2, -0.15) is 0 Å². The molecular formula is C5H12OP. The SMILES string of the molecule is CCC[P](=O)CC. The molecule has 0 N–H and O–H groups in total. The van der Waals surface area contributed by atoms with E-state index >= 15 is 0 Å². The molecule has 1 nitrogen and oxygen atoms in total. The van der Waals surface area contributed by atoms with Gasteiger partial charge in [-0.1, -0.05) is 13.8 Å². The molecule has 43 valence electrons. The minimum Gasteiger partial charge on any atom is -0.287 e. The van der Waals surface area contributed by atoms with E-state index in [1.54, 1.807) is 0 Å². The van der Waals surface area contributed by atoms with E-state index in [9.17, 15) is 4.57 Å². The van der Waals surface area contributed by atoms with Gasteiger partial charge < -0.3 is 0 Å². The molecule has 0 rings (SSSR count). The van der Waals surface area contributed by atoms with E-state index in [1.165, 1.54) is 0 Å². The maximum absolute atomic E-state index is 10.6. The molecule has 2 heteroatoms. The van der Waals surface area contributed by atoms with Gasteiger partial charge in [0.25, 0.3) is 0 Å². The van der Waals surface area contributed by atoms with Gasteiger partial charge in [-0.3, -0.25) is 4.57 Å². The minimum absolute atomic E-state index is 0.828. The zero-order chi connectivity index (χ0) is 5.70. The molecule has 0 amide bonds. The summed E-state index contributed by atoms with van der Waals surface area (Å²) >= 11 is 0. The van der Waals surface area contributed by atoms with Crippen molar-refractivity contribution < 1.29 is 4.57 Å². The minimum atomic E-state index is -0.828. The Morgan fingerprint density at radius 1 is 1.43 bits per heavy atom. The summed E-state index contributed by atoms with van der Waals surface area (Å²) in [5.74, 6) is 0. The molecule has 0 aromatic rings. The van der Waals surface area contributed by atoms with Gasteiger partial charge in [0.1, 0.15) is 0 Å². The summed E-state index contributed by atoms with van der Waals surface area (Å²) in [5.41, 5.74) is 0. The summed E-state index contributed by atoms with van der Waals surface area (Å²) in [6.45, 7) is 4.03. The van der Waals surface area contributed by atoms with E-state index < -0.39 is 7.80 Å². The van der Waals surface area contributed by atoms with Crippen molar-refractivity contribution in [1.82, 2.24) is 0 Å². The van der Waals surface area contributed by atoms with Crippen LogP contribution in [0.1, 0.15) is 20.3 Å². The highest BCUT2D eigenvalue weighted by Crippen LogP contribution is 2.18. The zero-order valence-electron chi connectivity index (χ0n) is 4.98. The summed E-state index contributed by atoms with van der Waals surface area (Å²) in [6, 6.07) is 0. The van der Waals surface area contributed by atoms with Crippen molar-refractivity contribution in [3.63, 3.8) is 0 Å². The molecule has 7 heavy (non-hydrogen) atoms. The Balaban J connectivity index is 3.00. The Bertz CT molecular complexity index is 61.1. The van der Waals surface area contributed by atoms with Crippen LogP contribution < -0.4 is 0 Å². The summed E-state index contributed by atoms with van der Waals surface area (Å²) in [6.07, 6.45) is 2.82. The smallest absolute Gasteiger partial charge is 0.0715 e. The van der Waals surface area contributed by atoms with Gasteiger partial charge in [0.15, 0.2) is 0 Å². The standard InChI is InChI=1S/C5H12OP/c1-3-5-7(6)4-2/h3-5H2,1-2H3. The fraction of sp³-hybridized carbons (Fsp3) is 1.00. The van der Waals surface area contributed by atoms with Crippen LogP contribution in [0, 0.1) is 0 Å². The van der Waals surface area contributed by atoms with Gasteiger partial charge in [-0.05, 0) is 6.42 Å². The first kappa shape index (κ1) is 7.10. The van der Waals surface area contributed by atoms with Crippen LogP contribution in [0.3, 0.4) is 0 Å².